The second-order valence-electron chi connectivity index (χ2n) is 6.55. The van der Waals surface area contributed by atoms with Crippen molar-refractivity contribution < 1.29 is 13.2 Å². The van der Waals surface area contributed by atoms with E-state index in [9.17, 15) is 13.2 Å². The Balaban J connectivity index is 1.52. The van der Waals surface area contributed by atoms with Crippen molar-refractivity contribution in [1.82, 2.24) is 15.6 Å². The van der Waals surface area contributed by atoms with E-state index < -0.39 is 11.7 Å². The lowest BCUT2D eigenvalue weighted by atomic mass is 10.1. The topological polar surface area (TPSA) is 40.2 Å². The summed E-state index contributed by atoms with van der Waals surface area (Å²) in [5.74, 6) is 0.392. The van der Waals surface area contributed by atoms with Crippen LogP contribution in [0.5, 0.6) is 0 Å². The zero-order valence-corrected chi connectivity index (χ0v) is 16.1. The van der Waals surface area contributed by atoms with E-state index in [0.29, 0.717) is 24.0 Å². The number of anilines is 1. The van der Waals surface area contributed by atoms with Crippen molar-refractivity contribution in [2.45, 2.75) is 37.9 Å². The molecule has 0 spiro atoms. The van der Waals surface area contributed by atoms with Crippen molar-refractivity contribution in [3.63, 3.8) is 0 Å². The second-order valence-corrected chi connectivity index (χ2v) is 7.36. The van der Waals surface area contributed by atoms with Gasteiger partial charge in [0.2, 0.25) is 0 Å². The molecule has 1 aromatic rings. The van der Waals surface area contributed by atoms with Crippen LogP contribution in [0.3, 0.4) is 0 Å². The summed E-state index contributed by atoms with van der Waals surface area (Å²) in [6.07, 6.45) is 6.04. The third-order valence-corrected chi connectivity index (χ3v) is 5.06. The van der Waals surface area contributed by atoms with E-state index in [1.165, 1.54) is 0 Å². The Morgan fingerprint density at radius 3 is 2.63 bits per heavy atom. The van der Waals surface area contributed by atoms with Gasteiger partial charge in [-0.3, -0.25) is 0 Å². The Kier molecular flexibility index (Phi) is 6.26. The number of rotatable bonds is 3. The Bertz CT molecular complexity index is 755. The van der Waals surface area contributed by atoms with Gasteiger partial charge in [-0.2, -0.15) is 13.2 Å². The lowest BCUT2D eigenvalue weighted by molar-refractivity contribution is -0.137. The third-order valence-electron chi connectivity index (χ3n) is 4.57. The van der Waals surface area contributed by atoms with Crippen molar-refractivity contribution >= 4 is 34.7 Å². The molecule has 1 aliphatic heterocycles. The van der Waals surface area contributed by atoms with Crippen LogP contribution in [0.25, 0.3) is 0 Å². The van der Waals surface area contributed by atoms with Gasteiger partial charge in [0.1, 0.15) is 5.82 Å². The monoisotopic (exact) mass is 416 g/mol. The molecule has 4 nitrogen and oxygen atoms in total. The van der Waals surface area contributed by atoms with Gasteiger partial charge in [0.15, 0.2) is 5.11 Å². The number of hydrogen-bond donors (Lipinski definition) is 2. The minimum absolute atomic E-state index is 0.0192. The van der Waals surface area contributed by atoms with Crippen molar-refractivity contribution in [3.05, 3.63) is 46.8 Å². The van der Waals surface area contributed by atoms with Gasteiger partial charge in [0, 0.05) is 31.0 Å². The van der Waals surface area contributed by atoms with E-state index in [-0.39, 0.29) is 11.1 Å². The molecule has 1 fully saturated rings. The zero-order chi connectivity index (χ0) is 19.4. The van der Waals surface area contributed by atoms with E-state index >= 15 is 0 Å². The maximum Gasteiger partial charge on any atom is 0.417 e. The molecule has 0 saturated carbocycles. The molecule has 0 aromatic carbocycles. The molecule has 1 saturated heterocycles. The van der Waals surface area contributed by atoms with Gasteiger partial charge < -0.3 is 15.5 Å². The summed E-state index contributed by atoms with van der Waals surface area (Å²) in [4.78, 5) is 5.84. The van der Waals surface area contributed by atoms with E-state index in [0.717, 1.165) is 43.6 Å². The molecule has 2 aliphatic rings. The van der Waals surface area contributed by atoms with Crippen LogP contribution in [0.15, 0.2) is 36.2 Å². The van der Waals surface area contributed by atoms with Gasteiger partial charge in [0.05, 0.1) is 10.6 Å². The summed E-state index contributed by atoms with van der Waals surface area (Å²) >= 11 is 11.4. The normalized spacial score (nSPS) is 18.2. The first kappa shape index (κ1) is 19.9. The molecule has 0 radical (unpaired) electrons. The molecule has 1 aromatic heterocycles. The lowest BCUT2D eigenvalue weighted by Gasteiger charge is -2.34. The summed E-state index contributed by atoms with van der Waals surface area (Å²) in [6.45, 7) is 1.29. The molecule has 9 heteroatoms. The predicted molar refractivity (Wildman–Crippen MR) is 105 cm³/mol. The SMILES string of the molecule is FC(F)(F)c1cnc(N2CCC(NC(=S)NC3=CC=CCC3)CC2)c(Cl)c1. The molecule has 2 heterocycles. The minimum Gasteiger partial charge on any atom is -0.360 e. The molecular formula is C18H20ClF3N4S. The first-order valence-corrected chi connectivity index (χ1v) is 9.52. The van der Waals surface area contributed by atoms with Crippen molar-refractivity contribution in [2.24, 2.45) is 0 Å². The predicted octanol–water partition coefficient (Wildman–Crippen LogP) is 4.42. The number of nitrogens with zero attached hydrogens (tertiary/aromatic N) is 2. The Morgan fingerprint density at radius 2 is 2.04 bits per heavy atom. The summed E-state index contributed by atoms with van der Waals surface area (Å²) < 4.78 is 38.2. The smallest absolute Gasteiger partial charge is 0.360 e. The number of nitrogens with one attached hydrogen (secondary N) is 2. The number of pyridine rings is 1. The maximum atomic E-state index is 12.7. The van der Waals surface area contributed by atoms with Gasteiger partial charge in [-0.1, -0.05) is 23.8 Å². The molecule has 0 bridgehead atoms. The van der Waals surface area contributed by atoms with Crippen molar-refractivity contribution in [2.75, 3.05) is 18.0 Å². The number of allylic oxidation sites excluding steroid dienone is 4. The van der Waals surface area contributed by atoms with Crippen LogP contribution in [0.1, 0.15) is 31.2 Å². The van der Waals surface area contributed by atoms with E-state index in [1.807, 2.05) is 17.1 Å². The van der Waals surface area contributed by atoms with Crippen molar-refractivity contribution in [3.8, 4) is 0 Å². The number of aromatic nitrogens is 1. The fourth-order valence-electron chi connectivity index (χ4n) is 3.13. The number of thiocarbonyl (C=S) groups is 1. The molecule has 3 rings (SSSR count). The average Bonchev–Trinajstić information content (AvgIpc) is 2.62. The maximum absolute atomic E-state index is 12.7. The number of piperidine rings is 1. The molecule has 146 valence electrons. The molecular weight excluding hydrogens is 397 g/mol. The highest BCUT2D eigenvalue weighted by molar-refractivity contribution is 7.80. The van der Waals surface area contributed by atoms with Crippen molar-refractivity contribution in [1.29, 1.82) is 0 Å². The van der Waals surface area contributed by atoms with E-state index in [2.05, 4.69) is 21.7 Å². The summed E-state index contributed by atoms with van der Waals surface area (Å²) in [5.41, 5.74) is 0.254. The molecule has 0 amide bonds. The molecule has 27 heavy (non-hydrogen) atoms. The highest BCUT2D eigenvalue weighted by atomic mass is 35.5. The Hall–Kier alpha value is -1.80. The van der Waals surface area contributed by atoms with Gasteiger partial charge in [-0.05, 0) is 50.0 Å². The first-order valence-electron chi connectivity index (χ1n) is 8.74. The van der Waals surface area contributed by atoms with Crippen LogP contribution < -0.4 is 15.5 Å². The average molecular weight is 417 g/mol. The second kappa shape index (κ2) is 8.48. The largest absolute Gasteiger partial charge is 0.417 e. The number of alkyl halides is 3. The Labute approximate surface area is 166 Å². The molecule has 1 aliphatic carbocycles. The fourth-order valence-corrected chi connectivity index (χ4v) is 3.71. The Morgan fingerprint density at radius 1 is 1.30 bits per heavy atom. The van der Waals surface area contributed by atoms with Crippen LogP contribution in [-0.4, -0.2) is 29.2 Å². The van der Waals surface area contributed by atoms with E-state index in [4.69, 9.17) is 23.8 Å². The molecule has 2 N–H and O–H groups in total. The minimum atomic E-state index is -4.45. The molecule has 0 unspecified atom stereocenters. The standard InChI is InChI=1S/C18H20ClF3N4S/c19-15-10-12(18(20,21)22)11-23-16(15)26-8-6-14(7-9-26)25-17(27)24-13-4-2-1-3-5-13/h1-2,4,10-11,14H,3,5-9H2,(H2,24,25,27). The third kappa shape index (κ3) is 5.35. The van der Waals surface area contributed by atoms with Gasteiger partial charge >= 0.3 is 6.18 Å². The van der Waals surface area contributed by atoms with Crippen LogP contribution in [0.2, 0.25) is 5.02 Å². The van der Waals surface area contributed by atoms with Crippen LogP contribution in [-0.2, 0) is 6.18 Å². The zero-order valence-electron chi connectivity index (χ0n) is 14.5. The van der Waals surface area contributed by atoms with Crippen LogP contribution in [0.4, 0.5) is 19.0 Å². The summed E-state index contributed by atoms with van der Waals surface area (Å²) in [7, 11) is 0. The highest BCUT2D eigenvalue weighted by Crippen LogP contribution is 2.34. The van der Waals surface area contributed by atoms with Gasteiger partial charge in [0.25, 0.3) is 0 Å². The summed E-state index contributed by atoms with van der Waals surface area (Å²) in [6, 6.07) is 1.13. The fraction of sp³-hybridized carbons (Fsp3) is 0.444. The quantitative estimate of drug-likeness (QED) is 0.714. The van der Waals surface area contributed by atoms with E-state index in [1.54, 1.807) is 0 Å². The first-order chi connectivity index (χ1) is 12.8. The van der Waals surface area contributed by atoms with Crippen LogP contribution in [0, 0.1) is 0 Å². The molecule has 0 atom stereocenters. The highest BCUT2D eigenvalue weighted by Gasteiger charge is 2.32. The lowest BCUT2D eigenvalue weighted by Crippen LogP contribution is -2.47. The number of halogens is 4. The van der Waals surface area contributed by atoms with Gasteiger partial charge in [-0.25, -0.2) is 4.98 Å². The number of hydrogen-bond acceptors (Lipinski definition) is 3. The van der Waals surface area contributed by atoms with Crippen LogP contribution >= 0.6 is 23.8 Å². The summed E-state index contributed by atoms with van der Waals surface area (Å²) in [5, 5.41) is 7.14. The van der Waals surface area contributed by atoms with Gasteiger partial charge in [-0.15, -0.1) is 0 Å².